The van der Waals surface area contributed by atoms with Crippen molar-refractivity contribution in [2.75, 3.05) is 0 Å². The van der Waals surface area contributed by atoms with Crippen molar-refractivity contribution in [1.29, 1.82) is 0 Å². The molecule has 1 heterocycles. The molecule has 0 saturated carbocycles. The lowest BCUT2D eigenvalue weighted by atomic mass is 9.85. The van der Waals surface area contributed by atoms with Crippen LogP contribution in [0.5, 0.6) is 5.75 Å². The first-order valence-corrected chi connectivity index (χ1v) is 7.62. The number of fused-ring (bicyclic) bond motifs is 1. The summed E-state index contributed by atoms with van der Waals surface area (Å²) in [5.74, 6) is 0.0947. The standard InChI is InChI=1S/C18H21N3O2/c1-11-6-7-15-14(9-11)19-20(21(15)23)16-10-12(2)8-13(17(16)22)18(3,4)5/h6-10,22H,1-5H3. The summed E-state index contributed by atoms with van der Waals surface area (Å²) in [5.41, 5.74) is 4.06. The van der Waals surface area contributed by atoms with Gasteiger partial charge in [0.2, 0.25) is 5.52 Å². The summed E-state index contributed by atoms with van der Waals surface area (Å²) >= 11 is 0. The Morgan fingerprint density at radius 2 is 1.78 bits per heavy atom. The minimum absolute atomic E-state index is 0.0947. The molecule has 0 aliphatic carbocycles. The molecule has 120 valence electrons. The van der Waals surface area contributed by atoms with E-state index >= 15 is 0 Å². The van der Waals surface area contributed by atoms with Crippen LogP contribution >= 0.6 is 0 Å². The van der Waals surface area contributed by atoms with Crippen LogP contribution in [0.2, 0.25) is 0 Å². The number of benzene rings is 2. The van der Waals surface area contributed by atoms with E-state index in [1.54, 1.807) is 12.1 Å². The lowest BCUT2D eigenvalue weighted by Gasteiger charge is -2.22. The molecule has 5 nitrogen and oxygen atoms in total. The minimum atomic E-state index is -0.234. The van der Waals surface area contributed by atoms with E-state index in [0.717, 1.165) is 21.5 Å². The van der Waals surface area contributed by atoms with Gasteiger partial charge >= 0.3 is 0 Å². The molecule has 0 unspecified atom stereocenters. The van der Waals surface area contributed by atoms with Crippen molar-refractivity contribution in [3.8, 4) is 11.4 Å². The molecule has 5 heteroatoms. The lowest BCUT2D eigenvalue weighted by molar-refractivity contribution is -0.664. The van der Waals surface area contributed by atoms with Crippen molar-refractivity contribution >= 4 is 11.0 Å². The van der Waals surface area contributed by atoms with Crippen molar-refractivity contribution in [2.45, 2.75) is 40.0 Å². The second-order valence-electron chi connectivity index (χ2n) is 7.08. The van der Waals surface area contributed by atoms with Gasteiger partial charge in [0, 0.05) is 5.56 Å². The normalized spacial score (nSPS) is 12.0. The molecule has 3 aromatic rings. The lowest BCUT2D eigenvalue weighted by Crippen LogP contribution is -2.37. The van der Waals surface area contributed by atoms with Gasteiger partial charge < -0.3 is 10.3 Å². The third kappa shape index (κ3) is 2.52. The van der Waals surface area contributed by atoms with Crippen LogP contribution in [0.3, 0.4) is 0 Å². The number of aromatic hydroxyl groups is 1. The molecule has 3 rings (SSSR count). The van der Waals surface area contributed by atoms with E-state index in [2.05, 4.69) is 5.10 Å². The fraction of sp³-hybridized carbons (Fsp3) is 0.333. The summed E-state index contributed by atoms with van der Waals surface area (Å²) in [7, 11) is 0. The Kier molecular flexibility index (Phi) is 3.32. The first kappa shape index (κ1) is 15.3. The van der Waals surface area contributed by atoms with Gasteiger partial charge in [-0.05, 0) is 53.4 Å². The summed E-state index contributed by atoms with van der Waals surface area (Å²) in [6, 6.07) is 9.20. The van der Waals surface area contributed by atoms with Gasteiger partial charge in [0.25, 0.3) is 5.52 Å². The van der Waals surface area contributed by atoms with Gasteiger partial charge in [0.05, 0.1) is 5.10 Å². The second-order valence-corrected chi connectivity index (χ2v) is 7.08. The third-order valence-corrected chi connectivity index (χ3v) is 3.97. The van der Waals surface area contributed by atoms with Crippen LogP contribution < -0.4 is 4.85 Å². The summed E-state index contributed by atoms with van der Waals surface area (Å²) in [6.45, 7) is 9.98. The smallest absolute Gasteiger partial charge is 0.250 e. The molecule has 0 bridgehead atoms. The maximum Gasteiger partial charge on any atom is 0.250 e. The predicted octanol–water partition coefficient (Wildman–Crippen LogP) is 3.28. The Balaban J connectivity index is 2.31. The van der Waals surface area contributed by atoms with Crippen LogP contribution in [0.15, 0.2) is 30.3 Å². The predicted molar refractivity (Wildman–Crippen MR) is 89.9 cm³/mol. The molecule has 0 aliphatic heterocycles. The van der Waals surface area contributed by atoms with Gasteiger partial charge in [0.1, 0.15) is 0 Å². The van der Waals surface area contributed by atoms with Gasteiger partial charge in [-0.15, -0.1) is 4.85 Å². The molecule has 0 spiro atoms. The fourth-order valence-corrected chi connectivity index (χ4v) is 2.76. The Hall–Kier alpha value is -2.56. The number of phenols is 1. The summed E-state index contributed by atoms with van der Waals surface area (Å²) in [5, 5.41) is 27.6. The van der Waals surface area contributed by atoms with E-state index in [0.29, 0.717) is 16.7 Å². The maximum absolute atomic E-state index is 12.6. The Labute approximate surface area is 135 Å². The minimum Gasteiger partial charge on any atom is -0.692 e. The molecule has 0 aliphatic rings. The molecule has 23 heavy (non-hydrogen) atoms. The number of rotatable bonds is 1. The van der Waals surface area contributed by atoms with Crippen molar-refractivity contribution in [3.05, 3.63) is 52.2 Å². The molecule has 0 radical (unpaired) electrons. The number of aryl methyl sites for hydroxylation is 2. The number of hydrogen-bond donors (Lipinski definition) is 1. The molecular weight excluding hydrogens is 290 g/mol. The van der Waals surface area contributed by atoms with E-state index in [1.807, 2.05) is 52.8 Å². The average molecular weight is 311 g/mol. The Morgan fingerprint density at radius 1 is 1.09 bits per heavy atom. The molecule has 0 amide bonds. The van der Waals surface area contributed by atoms with E-state index in [-0.39, 0.29) is 11.2 Å². The molecule has 0 saturated heterocycles. The Morgan fingerprint density at radius 3 is 2.43 bits per heavy atom. The summed E-state index contributed by atoms with van der Waals surface area (Å²) < 4.78 is 0. The number of aromatic nitrogens is 3. The number of hydrogen-bond acceptors (Lipinski definition) is 3. The monoisotopic (exact) mass is 311 g/mol. The maximum atomic E-state index is 12.6. The highest BCUT2D eigenvalue weighted by Crippen LogP contribution is 2.35. The van der Waals surface area contributed by atoms with Crippen molar-refractivity contribution in [1.82, 2.24) is 9.90 Å². The zero-order chi connectivity index (χ0) is 16.9. The van der Waals surface area contributed by atoms with Gasteiger partial charge in [-0.3, -0.25) is 0 Å². The highest BCUT2D eigenvalue weighted by Gasteiger charge is 2.25. The van der Waals surface area contributed by atoms with Crippen LogP contribution in [0.1, 0.15) is 37.5 Å². The third-order valence-electron chi connectivity index (χ3n) is 3.97. The largest absolute Gasteiger partial charge is 0.692 e. The SMILES string of the molecule is Cc1cc(-n2nc3cc(C)ccc3[n+]2[O-])c(O)c(C(C)(C)C)c1. The van der Waals surface area contributed by atoms with Gasteiger partial charge in [-0.25, -0.2) is 0 Å². The van der Waals surface area contributed by atoms with Gasteiger partial charge in [-0.2, -0.15) is 0 Å². The quantitative estimate of drug-likeness (QED) is 0.554. The van der Waals surface area contributed by atoms with E-state index < -0.39 is 0 Å². The van der Waals surface area contributed by atoms with Crippen molar-refractivity contribution in [3.63, 3.8) is 0 Å². The summed E-state index contributed by atoms with van der Waals surface area (Å²) in [6.07, 6.45) is 0. The highest BCUT2D eigenvalue weighted by atomic mass is 16.5. The van der Waals surface area contributed by atoms with Gasteiger partial charge in [0.15, 0.2) is 11.4 Å². The molecule has 1 N–H and O–H groups in total. The average Bonchev–Trinajstić information content (AvgIpc) is 2.76. The van der Waals surface area contributed by atoms with Crippen LogP contribution in [0.4, 0.5) is 0 Å². The van der Waals surface area contributed by atoms with E-state index in [4.69, 9.17) is 0 Å². The van der Waals surface area contributed by atoms with Crippen LogP contribution in [0.25, 0.3) is 16.7 Å². The summed E-state index contributed by atoms with van der Waals surface area (Å²) in [4.78, 5) is 1.94. The molecule has 0 atom stereocenters. The van der Waals surface area contributed by atoms with E-state index in [1.165, 1.54) is 4.80 Å². The first-order valence-electron chi connectivity index (χ1n) is 7.62. The molecule has 0 fully saturated rings. The van der Waals surface area contributed by atoms with Crippen LogP contribution in [-0.2, 0) is 5.41 Å². The van der Waals surface area contributed by atoms with Crippen LogP contribution in [0, 0.1) is 19.1 Å². The number of phenolic OH excluding ortho intramolecular Hbond substituents is 1. The topological polar surface area (TPSA) is 65.0 Å². The highest BCUT2D eigenvalue weighted by molar-refractivity contribution is 5.71. The van der Waals surface area contributed by atoms with Crippen molar-refractivity contribution in [2.24, 2.45) is 0 Å². The van der Waals surface area contributed by atoms with Gasteiger partial charge in [-0.1, -0.05) is 32.9 Å². The zero-order valence-corrected chi connectivity index (χ0v) is 14.1. The van der Waals surface area contributed by atoms with E-state index in [9.17, 15) is 10.3 Å². The first-order chi connectivity index (χ1) is 10.7. The fourth-order valence-electron chi connectivity index (χ4n) is 2.76. The number of nitrogens with zero attached hydrogens (tertiary/aromatic N) is 3. The zero-order valence-electron chi connectivity index (χ0n) is 14.1. The van der Waals surface area contributed by atoms with Crippen molar-refractivity contribution < 1.29 is 9.95 Å². The molecular formula is C18H21N3O2. The molecule has 1 aromatic heterocycles. The second kappa shape index (κ2) is 4.98. The molecule has 2 aromatic carbocycles. The Bertz CT molecular complexity index is 905. The van der Waals surface area contributed by atoms with Crippen LogP contribution in [-0.4, -0.2) is 15.0 Å².